The van der Waals surface area contributed by atoms with Crippen molar-refractivity contribution in [2.24, 2.45) is 5.92 Å². The van der Waals surface area contributed by atoms with Crippen LogP contribution in [0.25, 0.3) is 11.2 Å². The molecule has 4 rings (SSSR count). The smallest absolute Gasteiger partial charge is 0.407 e. The van der Waals surface area contributed by atoms with Gasteiger partial charge in [-0.05, 0) is 13.8 Å². The molecule has 178 valence electrons. The van der Waals surface area contributed by atoms with Gasteiger partial charge in [-0.1, -0.05) is 12.8 Å². The predicted octanol–water partition coefficient (Wildman–Crippen LogP) is 1.02. The van der Waals surface area contributed by atoms with Crippen LogP contribution < -0.4 is 15.6 Å². The zero-order valence-corrected chi connectivity index (χ0v) is 19.4. The standard InChI is InChI=1S/C19H25N6O7P/c1-6-11(18(26)30-9(2)3)24-33(27)29-7-12-14(32-33)10(4)17(31-12)25-8-21-13-15(25)22-19(20)23-16(13)28-5/h1,8-12,14,17H,7H2,2-5H3,(H,24,27)(H2,20,22,23). The van der Waals surface area contributed by atoms with Crippen LogP contribution in [0.1, 0.15) is 27.0 Å². The molecule has 0 radical (unpaired) electrons. The highest BCUT2D eigenvalue weighted by Crippen LogP contribution is 2.54. The van der Waals surface area contributed by atoms with E-state index in [1.54, 1.807) is 18.4 Å². The van der Waals surface area contributed by atoms with Crippen molar-refractivity contribution in [2.45, 2.75) is 51.4 Å². The van der Waals surface area contributed by atoms with Crippen molar-refractivity contribution in [3.63, 3.8) is 0 Å². The summed E-state index contributed by atoms with van der Waals surface area (Å²) in [7, 11) is -2.47. The number of nitrogens with one attached hydrogen (secondary N) is 1. The van der Waals surface area contributed by atoms with Crippen LogP contribution in [0.5, 0.6) is 5.88 Å². The molecule has 2 saturated heterocycles. The number of carbonyl (C=O) groups excluding carboxylic acids is 1. The van der Waals surface area contributed by atoms with Gasteiger partial charge in [0.2, 0.25) is 11.8 Å². The maximum Gasteiger partial charge on any atom is 0.407 e. The number of carbonyl (C=O) groups is 1. The van der Waals surface area contributed by atoms with Crippen LogP contribution in [0, 0.1) is 18.3 Å². The van der Waals surface area contributed by atoms with Gasteiger partial charge in [-0.2, -0.15) is 15.1 Å². The molecule has 14 heteroatoms. The van der Waals surface area contributed by atoms with E-state index in [9.17, 15) is 9.36 Å². The monoisotopic (exact) mass is 480 g/mol. The Morgan fingerprint density at radius 1 is 1.45 bits per heavy atom. The van der Waals surface area contributed by atoms with Gasteiger partial charge in [0.05, 0.1) is 26.1 Å². The van der Waals surface area contributed by atoms with Gasteiger partial charge in [0.25, 0.3) is 0 Å². The second kappa shape index (κ2) is 8.89. The fraction of sp³-hybridized carbons (Fsp3) is 0.579. The lowest BCUT2D eigenvalue weighted by atomic mass is 10.0. The summed E-state index contributed by atoms with van der Waals surface area (Å²) < 4.78 is 42.6. The molecule has 6 atom stereocenters. The molecule has 6 unspecified atom stereocenters. The van der Waals surface area contributed by atoms with Gasteiger partial charge in [-0.15, -0.1) is 6.42 Å². The van der Waals surface area contributed by atoms with E-state index in [-0.39, 0.29) is 30.5 Å². The summed E-state index contributed by atoms with van der Waals surface area (Å²) in [5.41, 5.74) is 6.64. The van der Waals surface area contributed by atoms with E-state index in [0.717, 1.165) is 0 Å². The van der Waals surface area contributed by atoms with E-state index < -0.39 is 38.2 Å². The minimum absolute atomic E-state index is 0.0195. The summed E-state index contributed by atoms with van der Waals surface area (Å²) in [6.07, 6.45) is 4.84. The molecular weight excluding hydrogens is 455 g/mol. The number of aromatic nitrogens is 4. The molecule has 3 N–H and O–H groups in total. The second-order valence-electron chi connectivity index (χ2n) is 7.92. The van der Waals surface area contributed by atoms with E-state index in [2.05, 4.69) is 26.0 Å². The third kappa shape index (κ3) is 4.40. The number of anilines is 1. The third-order valence-corrected chi connectivity index (χ3v) is 6.82. The number of rotatable bonds is 6. The Labute approximate surface area is 189 Å². The van der Waals surface area contributed by atoms with Crippen molar-refractivity contribution in [1.29, 1.82) is 0 Å². The summed E-state index contributed by atoms with van der Waals surface area (Å²) in [4.78, 5) is 24.8. The molecule has 0 saturated carbocycles. The maximum atomic E-state index is 13.2. The number of fused-ring (bicyclic) bond motifs is 2. The Kier molecular flexibility index (Phi) is 6.30. The first-order valence-electron chi connectivity index (χ1n) is 10.2. The molecule has 2 aromatic rings. The molecule has 0 aromatic carbocycles. The molecule has 13 nitrogen and oxygen atoms in total. The number of ether oxygens (including phenoxy) is 3. The molecule has 0 amide bonds. The first-order valence-corrected chi connectivity index (χ1v) is 11.8. The van der Waals surface area contributed by atoms with Gasteiger partial charge >= 0.3 is 13.7 Å². The average molecular weight is 480 g/mol. The highest BCUT2D eigenvalue weighted by molar-refractivity contribution is 7.51. The van der Waals surface area contributed by atoms with E-state index in [4.69, 9.17) is 35.4 Å². The Balaban J connectivity index is 1.54. The van der Waals surface area contributed by atoms with E-state index in [0.29, 0.717) is 11.2 Å². The van der Waals surface area contributed by atoms with Crippen molar-refractivity contribution in [3.05, 3.63) is 6.33 Å². The number of imidazole rings is 1. The summed E-state index contributed by atoms with van der Waals surface area (Å²) >= 11 is 0. The lowest BCUT2D eigenvalue weighted by Gasteiger charge is -2.33. The van der Waals surface area contributed by atoms with E-state index in [1.807, 2.05) is 6.92 Å². The number of hydrogen-bond donors (Lipinski definition) is 2. The lowest BCUT2D eigenvalue weighted by molar-refractivity contribution is -0.148. The number of nitrogens with zero attached hydrogens (tertiary/aromatic N) is 4. The fourth-order valence-electron chi connectivity index (χ4n) is 3.78. The summed E-state index contributed by atoms with van der Waals surface area (Å²) in [6, 6.07) is -1.30. The first-order chi connectivity index (χ1) is 15.7. The Morgan fingerprint density at radius 2 is 2.21 bits per heavy atom. The van der Waals surface area contributed by atoms with Crippen molar-refractivity contribution in [3.8, 4) is 18.2 Å². The minimum atomic E-state index is -3.93. The second-order valence-corrected chi connectivity index (χ2v) is 9.64. The topological polar surface area (TPSA) is 162 Å². The van der Waals surface area contributed by atoms with Crippen molar-refractivity contribution < 1.29 is 32.6 Å². The molecule has 0 bridgehead atoms. The molecule has 4 heterocycles. The van der Waals surface area contributed by atoms with Crippen LogP contribution in [-0.2, 0) is 27.9 Å². The molecule has 2 aromatic heterocycles. The number of nitrogens with two attached hydrogens (primary N) is 1. The molecule has 2 aliphatic heterocycles. The zero-order valence-electron chi connectivity index (χ0n) is 18.5. The van der Waals surface area contributed by atoms with E-state index >= 15 is 0 Å². The van der Waals surface area contributed by atoms with Gasteiger partial charge in [0.1, 0.15) is 18.4 Å². The van der Waals surface area contributed by atoms with Gasteiger partial charge in [-0.3, -0.25) is 13.6 Å². The molecule has 0 spiro atoms. The molecule has 33 heavy (non-hydrogen) atoms. The Bertz CT molecular complexity index is 1150. The normalized spacial score (nSPS) is 30.1. The highest BCUT2D eigenvalue weighted by atomic mass is 31.2. The SMILES string of the molecule is C#CC(NP1(=O)OCC2OC(n3cnc4c(OC)nc(N)nc43)C(C)C2O1)C(=O)OC(C)C. The predicted molar refractivity (Wildman–Crippen MR) is 115 cm³/mol. The molecule has 2 fully saturated rings. The van der Waals surface area contributed by atoms with E-state index in [1.165, 1.54) is 13.4 Å². The van der Waals surface area contributed by atoms with Gasteiger partial charge < -0.3 is 19.9 Å². The summed E-state index contributed by atoms with van der Waals surface area (Å²) in [5, 5.41) is 2.49. The molecule has 2 aliphatic rings. The van der Waals surface area contributed by atoms with Gasteiger partial charge in [0.15, 0.2) is 17.2 Å². The van der Waals surface area contributed by atoms with Crippen LogP contribution in [0.2, 0.25) is 0 Å². The Hall–Kier alpha value is -2.75. The molecular formula is C19H25N6O7P. The number of terminal acetylenes is 1. The number of esters is 1. The van der Waals surface area contributed by atoms with Crippen LogP contribution in [0.15, 0.2) is 6.33 Å². The van der Waals surface area contributed by atoms with Crippen LogP contribution in [-0.4, -0.2) is 63.6 Å². The van der Waals surface area contributed by atoms with Crippen LogP contribution >= 0.6 is 7.75 Å². The van der Waals surface area contributed by atoms with Crippen molar-refractivity contribution >= 4 is 30.8 Å². The third-order valence-electron chi connectivity index (χ3n) is 5.23. The zero-order chi connectivity index (χ0) is 23.9. The summed E-state index contributed by atoms with van der Waals surface area (Å²) in [6.45, 7) is 5.18. The average Bonchev–Trinajstić information content (AvgIpc) is 3.31. The van der Waals surface area contributed by atoms with Crippen molar-refractivity contribution in [1.82, 2.24) is 24.6 Å². The Morgan fingerprint density at radius 3 is 2.88 bits per heavy atom. The quantitative estimate of drug-likeness (QED) is 0.343. The van der Waals surface area contributed by atoms with Crippen molar-refractivity contribution in [2.75, 3.05) is 19.5 Å². The molecule has 0 aliphatic carbocycles. The van der Waals surface area contributed by atoms with Crippen LogP contribution in [0.3, 0.4) is 0 Å². The van der Waals surface area contributed by atoms with Gasteiger partial charge in [0, 0.05) is 5.92 Å². The number of hydrogen-bond acceptors (Lipinski definition) is 11. The number of nitrogen functional groups attached to an aromatic ring is 1. The largest absolute Gasteiger partial charge is 0.479 e. The fourth-order valence-corrected chi connectivity index (χ4v) is 5.46. The maximum absolute atomic E-state index is 13.2. The summed E-state index contributed by atoms with van der Waals surface area (Å²) in [5.74, 6) is 1.42. The number of methoxy groups -OCH3 is 1. The van der Waals surface area contributed by atoms with Crippen LogP contribution in [0.4, 0.5) is 5.95 Å². The van der Waals surface area contributed by atoms with Gasteiger partial charge in [-0.25, -0.2) is 14.3 Å². The lowest BCUT2D eigenvalue weighted by Crippen LogP contribution is -2.43. The minimum Gasteiger partial charge on any atom is -0.479 e. The highest BCUT2D eigenvalue weighted by Gasteiger charge is 2.52. The first kappa shape index (κ1) is 23.4.